The van der Waals surface area contributed by atoms with Crippen molar-refractivity contribution in [2.24, 2.45) is 0 Å². The molecule has 1 fully saturated rings. The van der Waals surface area contributed by atoms with E-state index in [2.05, 4.69) is 33.4 Å². The SMILES string of the molecule is CNC(C)C(=O)NC(CCCCNC(=O)O)C(=O)N1CSCC1C(=O)NC1CCCc2ccccc21. The van der Waals surface area contributed by atoms with Gasteiger partial charge in [0.15, 0.2) is 0 Å². The van der Waals surface area contributed by atoms with Crippen molar-refractivity contribution in [2.45, 2.75) is 69.6 Å². The number of likely N-dealkylation sites (N-methyl/N-ethyl adjacent to an activating group) is 1. The number of carbonyl (C=O) groups is 4. The molecule has 0 spiro atoms. The number of nitrogens with one attached hydrogen (secondary N) is 4. The van der Waals surface area contributed by atoms with E-state index in [1.807, 2.05) is 12.1 Å². The van der Waals surface area contributed by atoms with E-state index in [4.69, 9.17) is 5.11 Å². The van der Waals surface area contributed by atoms with E-state index >= 15 is 0 Å². The number of aryl methyl sites for hydroxylation is 1. The fourth-order valence-electron chi connectivity index (χ4n) is 4.60. The Morgan fingerprint density at radius 1 is 1.19 bits per heavy atom. The van der Waals surface area contributed by atoms with Crippen LogP contribution in [-0.4, -0.2) is 77.2 Å². The molecule has 1 aliphatic heterocycles. The predicted molar refractivity (Wildman–Crippen MR) is 139 cm³/mol. The summed E-state index contributed by atoms with van der Waals surface area (Å²) >= 11 is 1.52. The van der Waals surface area contributed by atoms with Gasteiger partial charge in [-0.2, -0.15) is 0 Å². The molecule has 4 unspecified atom stereocenters. The van der Waals surface area contributed by atoms with Crippen molar-refractivity contribution >= 4 is 35.6 Å². The molecule has 1 heterocycles. The molecule has 198 valence electrons. The van der Waals surface area contributed by atoms with Crippen molar-refractivity contribution in [3.8, 4) is 0 Å². The zero-order valence-corrected chi connectivity index (χ0v) is 21.7. The van der Waals surface area contributed by atoms with Crippen LogP contribution in [0, 0.1) is 0 Å². The Balaban J connectivity index is 1.66. The summed E-state index contributed by atoms with van der Waals surface area (Å²) in [5.41, 5.74) is 2.39. The number of amides is 4. The summed E-state index contributed by atoms with van der Waals surface area (Å²) in [5, 5.41) is 19.9. The number of unbranched alkanes of at least 4 members (excludes halogenated alkanes) is 1. The first kappa shape index (κ1) is 27.8. The highest BCUT2D eigenvalue weighted by atomic mass is 32.2. The van der Waals surface area contributed by atoms with E-state index in [1.165, 1.54) is 17.3 Å². The molecule has 4 atom stereocenters. The van der Waals surface area contributed by atoms with Gasteiger partial charge < -0.3 is 31.3 Å². The predicted octanol–water partition coefficient (Wildman–Crippen LogP) is 1.61. The van der Waals surface area contributed by atoms with Crippen molar-refractivity contribution in [1.29, 1.82) is 0 Å². The van der Waals surface area contributed by atoms with E-state index in [0.29, 0.717) is 30.9 Å². The molecule has 1 aromatic carbocycles. The molecular weight excluding hydrogens is 482 g/mol. The van der Waals surface area contributed by atoms with Crippen LogP contribution in [0.25, 0.3) is 0 Å². The van der Waals surface area contributed by atoms with Gasteiger partial charge in [-0.3, -0.25) is 14.4 Å². The van der Waals surface area contributed by atoms with Gasteiger partial charge in [-0.05, 0) is 63.6 Å². The zero-order valence-electron chi connectivity index (χ0n) is 20.9. The Morgan fingerprint density at radius 2 is 1.97 bits per heavy atom. The third-order valence-electron chi connectivity index (χ3n) is 6.79. The highest BCUT2D eigenvalue weighted by Crippen LogP contribution is 2.30. The summed E-state index contributed by atoms with van der Waals surface area (Å²) in [5.74, 6) is 0.127. The number of benzene rings is 1. The maximum atomic E-state index is 13.6. The molecule has 0 saturated carbocycles. The molecule has 3 rings (SSSR count). The van der Waals surface area contributed by atoms with Gasteiger partial charge >= 0.3 is 6.09 Å². The van der Waals surface area contributed by atoms with Crippen LogP contribution in [0.4, 0.5) is 4.79 Å². The lowest BCUT2D eigenvalue weighted by Crippen LogP contribution is -2.56. The van der Waals surface area contributed by atoms with Crippen LogP contribution in [0.5, 0.6) is 0 Å². The summed E-state index contributed by atoms with van der Waals surface area (Å²) in [6.07, 6.45) is 3.20. The van der Waals surface area contributed by atoms with E-state index < -0.39 is 24.2 Å². The Morgan fingerprint density at radius 3 is 2.72 bits per heavy atom. The lowest BCUT2D eigenvalue weighted by Gasteiger charge is -2.31. The van der Waals surface area contributed by atoms with Crippen LogP contribution in [0.3, 0.4) is 0 Å². The lowest BCUT2D eigenvalue weighted by molar-refractivity contribution is -0.141. The average molecular weight is 520 g/mol. The molecule has 5 N–H and O–H groups in total. The summed E-state index contributed by atoms with van der Waals surface area (Å²) in [6.45, 7) is 1.97. The molecule has 36 heavy (non-hydrogen) atoms. The minimum Gasteiger partial charge on any atom is -0.465 e. The number of hydrogen-bond acceptors (Lipinski definition) is 6. The number of hydrogen-bond donors (Lipinski definition) is 5. The maximum absolute atomic E-state index is 13.6. The minimum absolute atomic E-state index is 0.0706. The van der Waals surface area contributed by atoms with Crippen LogP contribution in [-0.2, 0) is 20.8 Å². The number of thioether (sulfide) groups is 1. The number of carbonyl (C=O) groups excluding carboxylic acids is 3. The molecule has 11 heteroatoms. The first-order valence-corrected chi connectivity index (χ1v) is 13.7. The van der Waals surface area contributed by atoms with Gasteiger partial charge in [0.2, 0.25) is 17.7 Å². The second-order valence-electron chi connectivity index (χ2n) is 9.28. The second-order valence-corrected chi connectivity index (χ2v) is 10.3. The Kier molecular flexibility index (Phi) is 10.4. The van der Waals surface area contributed by atoms with Gasteiger partial charge in [0.25, 0.3) is 0 Å². The fourth-order valence-corrected chi connectivity index (χ4v) is 5.77. The monoisotopic (exact) mass is 519 g/mol. The highest BCUT2D eigenvalue weighted by molar-refractivity contribution is 7.99. The van der Waals surface area contributed by atoms with E-state index in [-0.39, 0.29) is 30.3 Å². The molecule has 1 aromatic rings. The van der Waals surface area contributed by atoms with Crippen LogP contribution in [0.15, 0.2) is 24.3 Å². The summed E-state index contributed by atoms with van der Waals surface area (Å²) in [6, 6.07) is 6.20. The Hall–Kier alpha value is -2.79. The summed E-state index contributed by atoms with van der Waals surface area (Å²) < 4.78 is 0. The first-order chi connectivity index (χ1) is 17.3. The molecule has 0 bridgehead atoms. The second kappa shape index (κ2) is 13.5. The van der Waals surface area contributed by atoms with Crippen LogP contribution in [0.1, 0.15) is 56.2 Å². The fraction of sp³-hybridized carbons (Fsp3) is 0.600. The molecule has 1 saturated heterocycles. The third-order valence-corrected chi connectivity index (χ3v) is 7.80. The number of fused-ring (bicyclic) bond motifs is 1. The summed E-state index contributed by atoms with van der Waals surface area (Å²) in [4.78, 5) is 51.7. The van der Waals surface area contributed by atoms with E-state index in [0.717, 1.165) is 24.8 Å². The van der Waals surface area contributed by atoms with Crippen LogP contribution in [0.2, 0.25) is 0 Å². The zero-order chi connectivity index (χ0) is 26.1. The maximum Gasteiger partial charge on any atom is 0.404 e. The Bertz CT molecular complexity index is 945. The van der Waals surface area contributed by atoms with Crippen molar-refractivity contribution in [1.82, 2.24) is 26.2 Å². The van der Waals surface area contributed by atoms with Crippen LogP contribution < -0.4 is 21.3 Å². The molecule has 4 amide bonds. The van der Waals surface area contributed by atoms with Gasteiger partial charge in [0.1, 0.15) is 12.1 Å². The molecule has 2 aliphatic rings. The number of rotatable bonds is 11. The highest BCUT2D eigenvalue weighted by Gasteiger charge is 2.39. The smallest absolute Gasteiger partial charge is 0.404 e. The normalized spacial score (nSPS) is 20.7. The van der Waals surface area contributed by atoms with E-state index in [1.54, 1.807) is 18.9 Å². The summed E-state index contributed by atoms with van der Waals surface area (Å²) in [7, 11) is 1.67. The van der Waals surface area contributed by atoms with Crippen LogP contribution >= 0.6 is 11.8 Å². The van der Waals surface area contributed by atoms with Gasteiger partial charge in [-0.25, -0.2) is 4.79 Å². The van der Waals surface area contributed by atoms with Gasteiger partial charge in [0, 0.05) is 12.3 Å². The lowest BCUT2D eigenvalue weighted by atomic mass is 9.87. The van der Waals surface area contributed by atoms with Gasteiger partial charge in [-0.15, -0.1) is 11.8 Å². The number of carboxylic acid groups (broad SMARTS) is 1. The van der Waals surface area contributed by atoms with Crippen molar-refractivity contribution in [3.05, 3.63) is 35.4 Å². The number of nitrogens with zero attached hydrogens (tertiary/aromatic N) is 1. The molecule has 1 aliphatic carbocycles. The molecule has 0 aromatic heterocycles. The molecular formula is C25H37N5O5S. The quantitative estimate of drug-likeness (QED) is 0.280. The van der Waals surface area contributed by atoms with Crippen molar-refractivity contribution < 1.29 is 24.3 Å². The van der Waals surface area contributed by atoms with E-state index in [9.17, 15) is 19.2 Å². The molecule has 10 nitrogen and oxygen atoms in total. The molecule has 0 radical (unpaired) electrons. The van der Waals surface area contributed by atoms with Crippen molar-refractivity contribution in [2.75, 3.05) is 25.2 Å². The minimum atomic E-state index is -1.10. The first-order valence-electron chi connectivity index (χ1n) is 12.5. The average Bonchev–Trinajstić information content (AvgIpc) is 3.37. The standard InChI is InChI=1S/C25H37N5O5S/c1-16(26-2)22(31)29-20(11-5-6-13-27-25(34)35)24(33)30-15-36-14-21(30)23(32)28-19-12-7-9-17-8-3-4-10-18(17)19/h3-4,8,10,16,19-21,26-27H,5-7,9,11-15H2,1-2H3,(H,28,32)(H,29,31)(H,34,35). The largest absolute Gasteiger partial charge is 0.465 e. The van der Waals surface area contributed by atoms with Crippen molar-refractivity contribution in [3.63, 3.8) is 0 Å². The topological polar surface area (TPSA) is 140 Å². The third kappa shape index (κ3) is 7.36. The van der Waals surface area contributed by atoms with Gasteiger partial charge in [-0.1, -0.05) is 24.3 Å². The Labute approximate surface area is 216 Å². The van der Waals surface area contributed by atoms with Gasteiger partial charge in [0.05, 0.1) is 18.0 Å².